The molecular formula is C16H23NO2. The number of hydrogen-bond donors (Lipinski definition) is 1. The molecule has 19 heavy (non-hydrogen) atoms. The van der Waals surface area contributed by atoms with Crippen LogP contribution in [-0.4, -0.2) is 24.2 Å². The first-order valence-electron chi connectivity index (χ1n) is 7.14. The lowest BCUT2D eigenvalue weighted by Crippen LogP contribution is -2.34. The Morgan fingerprint density at radius 2 is 1.84 bits per heavy atom. The van der Waals surface area contributed by atoms with Crippen LogP contribution in [-0.2, 0) is 0 Å². The van der Waals surface area contributed by atoms with Crippen molar-refractivity contribution in [3.63, 3.8) is 0 Å². The van der Waals surface area contributed by atoms with E-state index in [9.17, 15) is 4.79 Å². The molecule has 1 aromatic rings. The highest BCUT2D eigenvalue weighted by molar-refractivity contribution is 5.88. The van der Waals surface area contributed by atoms with Gasteiger partial charge >= 0.3 is 5.97 Å². The Balaban J connectivity index is 1.92. The molecule has 1 saturated heterocycles. The van der Waals surface area contributed by atoms with Crippen LogP contribution in [0.5, 0.6) is 0 Å². The monoisotopic (exact) mass is 261 g/mol. The Labute approximate surface area is 115 Å². The van der Waals surface area contributed by atoms with E-state index in [2.05, 4.69) is 18.7 Å². The third kappa shape index (κ3) is 3.72. The molecule has 3 nitrogen and oxygen atoms in total. The second kappa shape index (κ2) is 6.09. The van der Waals surface area contributed by atoms with Crippen LogP contribution in [0.15, 0.2) is 24.3 Å². The molecule has 0 bridgehead atoms. The maximum atomic E-state index is 10.8. The Bertz CT molecular complexity index is 417. The van der Waals surface area contributed by atoms with Gasteiger partial charge in [0.1, 0.15) is 0 Å². The van der Waals surface area contributed by atoms with Crippen molar-refractivity contribution in [1.29, 1.82) is 0 Å². The van der Waals surface area contributed by atoms with Gasteiger partial charge in [-0.05, 0) is 55.4 Å². The van der Waals surface area contributed by atoms with Gasteiger partial charge in [-0.3, -0.25) is 0 Å². The number of piperidine rings is 1. The van der Waals surface area contributed by atoms with Crippen LogP contribution in [0.1, 0.15) is 43.5 Å². The minimum atomic E-state index is -0.859. The van der Waals surface area contributed by atoms with Gasteiger partial charge in [-0.2, -0.15) is 0 Å². The van der Waals surface area contributed by atoms with E-state index in [0.717, 1.165) is 30.6 Å². The first-order chi connectivity index (χ1) is 9.06. The number of carboxylic acid groups (broad SMARTS) is 1. The Hall–Kier alpha value is -1.51. The molecule has 1 aromatic carbocycles. The van der Waals surface area contributed by atoms with E-state index in [-0.39, 0.29) is 0 Å². The van der Waals surface area contributed by atoms with Gasteiger partial charge in [0.05, 0.1) is 5.56 Å². The molecule has 0 radical (unpaired) electrons. The van der Waals surface area contributed by atoms with Crippen molar-refractivity contribution >= 4 is 11.7 Å². The Morgan fingerprint density at radius 1 is 1.26 bits per heavy atom. The van der Waals surface area contributed by atoms with Crippen LogP contribution in [0, 0.1) is 11.8 Å². The first-order valence-corrected chi connectivity index (χ1v) is 7.14. The zero-order chi connectivity index (χ0) is 13.8. The second-order valence-corrected chi connectivity index (χ2v) is 5.91. The SMILES string of the molecule is CC(C)CC1CCN(c2ccc(C(=O)O)cc2)CC1. The second-order valence-electron chi connectivity index (χ2n) is 5.91. The lowest BCUT2D eigenvalue weighted by Gasteiger charge is -2.34. The molecule has 0 saturated carbocycles. The summed E-state index contributed by atoms with van der Waals surface area (Å²) in [4.78, 5) is 13.2. The van der Waals surface area contributed by atoms with Crippen molar-refractivity contribution in [2.75, 3.05) is 18.0 Å². The summed E-state index contributed by atoms with van der Waals surface area (Å²) in [5, 5.41) is 8.89. The number of carboxylic acids is 1. The van der Waals surface area contributed by atoms with Crippen molar-refractivity contribution in [1.82, 2.24) is 0 Å². The van der Waals surface area contributed by atoms with Crippen LogP contribution in [0.2, 0.25) is 0 Å². The van der Waals surface area contributed by atoms with Crippen molar-refractivity contribution in [3.8, 4) is 0 Å². The number of rotatable bonds is 4. The summed E-state index contributed by atoms with van der Waals surface area (Å²) < 4.78 is 0. The van der Waals surface area contributed by atoms with E-state index in [1.807, 2.05) is 12.1 Å². The van der Waals surface area contributed by atoms with Crippen LogP contribution in [0.25, 0.3) is 0 Å². The van der Waals surface area contributed by atoms with Gasteiger partial charge in [0.25, 0.3) is 0 Å². The van der Waals surface area contributed by atoms with Crippen LogP contribution >= 0.6 is 0 Å². The molecule has 0 amide bonds. The topological polar surface area (TPSA) is 40.5 Å². The van der Waals surface area contributed by atoms with E-state index >= 15 is 0 Å². The van der Waals surface area contributed by atoms with Gasteiger partial charge < -0.3 is 10.0 Å². The normalized spacial score (nSPS) is 16.9. The smallest absolute Gasteiger partial charge is 0.335 e. The Morgan fingerprint density at radius 3 is 2.32 bits per heavy atom. The molecule has 1 aliphatic rings. The summed E-state index contributed by atoms with van der Waals surface area (Å²) in [6.45, 7) is 6.75. The van der Waals surface area contributed by atoms with Crippen LogP contribution in [0.3, 0.4) is 0 Å². The highest BCUT2D eigenvalue weighted by Gasteiger charge is 2.20. The first kappa shape index (κ1) is 13.9. The predicted octanol–water partition coefficient (Wildman–Crippen LogP) is 3.65. The zero-order valence-electron chi connectivity index (χ0n) is 11.8. The van der Waals surface area contributed by atoms with Crippen molar-refractivity contribution in [3.05, 3.63) is 29.8 Å². The predicted molar refractivity (Wildman–Crippen MR) is 77.8 cm³/mol. The van der Waals surface area contributed by atoms with E-state index in [0.29, 0.717) is 5.56 Å². The molecule has 2 rings (SSSR count). The number of nitrogens with zero attached hydrogens (tertiary/aromatic N) is 1. The molecule has 0 spiro atoms. The van der Waals surface area contributed by atoms with Crippen molar-refractivity contribution in [2.24, 2.45) is 11.8 Å². The summed E-state index contributed by atoms with van der Waals surface area (Å²) in [5.41, 5.74) is 1.51. The molecule has 3 heteroatoms. The van der Waals surface area contributed by atoms with Crippen LogP contribution < -0.4 is 4.90 Å². The zero-order valence-corrected chi connectivity index (χ0v) is 11.8. The van der Waals surface area contributed by atoms with Crippen molar-refractivity contribution in [2.45, 2.75) is 33.1 Å². The summed E-state index contributed by atoms with van der Waals surface area (Å²) >= 11 is 0. The standard InChI is InChI=1S/C16H23NO2/c1-12(2)11-13-7-9-17(10-8-13)15-5-3-14(4-6-15)16(18)19/h3-6,12-13H,7-11H2,1-2H3,(H,18,19). The van der Waals surface area contributed by atoms with E-state index < -0.39 is 5.97 Å². The van der Waals surface area contributed by atoms with Gasteiger partial charge in [-0.15, -0.1) is 0 Å². The summed E-state index contributed by atoms with van der Waals surface area (Å²) in [5.74, 6) is 0.781. The quantitative estimate of drug-likeness (QED) is 0.899. The van der Waals surface area contributed by atoms with Gasteiger partial charge in [0, 0.05) is 18.8 Å². The molecule has 1 N–H and O–H groups in total. The number of aromatic carboxylic acids is 1. The molecule has 0 aromatic heterocycles. The fourth-order valence-electron chi connectivity index (χ4n) is 2.91. The fourth-order valence-corrected chi connectivity index (χ4v) is 2.91. The minimum Gasteiger partial charge on any atom is -0.478 e. The number of benzene rings is 1. The largest absolute Gasteiger partial charge is 0.478 e. The van der Waals surface area contributed by atoms with Gasteiger partial charge in [-0.1, -0.05) is 13.8 Å². The van der Waals surface area contributed by atoms with Crippen molar-refractivity contribution < 1.29 is 9.90 Å². The molecule has 1 aliphatic heterocycles. The maximum Gasteiger partial charge on any atom is 0.335 e. The van der Waals surface area contributed by atoms with E-state index in [4.69, 9.17) is 5.11 Å². The van der Waals surface area contributed by atoms with Gasteiger partial charge in [-0.25, -0.2) is 4.79 Å². The lowest BCUT2D eigenvalue weighted by molar-refractivity contribution is 0.0697. The third-order valence-corrected chi connectivity index (χ3v) is 3.90. The highest BCUT2D eigenvalue weighted by Crippen LogP contribution is 2.27. The molecule has 0 atom stereocenters. The average Bonchev–Trinajstić information content (AvgIpc) is 2.39. The molecule has 1 heterocycles. The minimum absolute atomic E-state index is 0.360. The molecule has 1 fully saturated rings. The van der Waals surface area contributed by atoms with Gasteiger partial charge in [0.15, 0.2) is 0 Å². The third-order valence-electron chi connectivity index (χ3n) is 3.90. The summed E-state index contributed by atoms with van der Waals surface area (Å²) in [7, 11) is 0. The number of hydrogen-bond acceptors (Lipinski definition) is 2. The molecule has 0 unspecified atom stereocenters. The molecular weight excluding hydrogens is 238 g/mol. The van der Waals surface area contributed by atoms with E-state index in [1.165, 1.54) is 19.3 Å². The van der Waals surface area contributed by atoms with Gasteiger partial charge in [0.2, 0.25) is 0 Å². The molecule has 0 aliphatic carbocycles. The number of carbonyl (C=O) groups is 1. The van der Waals surface area contributed by atoms with Crippen LogP contribution in [0.4, 0.5) is 5.69 Å². The maximum absolute atomic E-state index is 10.8. The highest BCUT2D eigenvalue weighted by atomic mass is 16.4. The Kier molecular flexibility index (Phi) is 4.46. The van der Waals surface area contributed by atoms with E-state index in [1.54, 1.807) is 12.1 Å². The molecule has 104 valence electrons. The average molecular weight is 261 g/mol. The fraction of sp³-hybridized carbons (Fsp3) is 0.562. The summed E-state index contributed by atoms with van der Waals surface area (Å²) in [6.07, 6.45) is 3.82. The summed E-state index contributed by atoms with van der Waals surface area (Å²) in [6, 6.07) is 7.23. The lowest BCUT2D eigenvalue weighted by atomic mass is 9.88. The number of anilines is 1.